The number of carboxylic acid groups (broad SMARTS) is 3. The van der Waals surface area contributed by atoms with Crippen LogP contribution in [0.15, 0.2) is 0 Å². The summed E-state index contributed by atoms with van der Waals surface area (Å²) in [6.45, 7) is -0.433. The van der Waals surface area contributed by atoms with Gasteiger partial charge in [0.1, 0.15) is 18.1 Å². The van der Waals surface area contributed by atoms with Crippen LogP contribution in [0.25, 0.3) is 0 Å². The minimum Gasteiger partial charge on any atom is -0.481 e. The average molecular weight is 464 g/mol. The molecule has 13 nitrogen and oxygen atoms in total. The number of thioether (sulfide) groups is 1. The number of amides is 3. The molecule has 176 valence electrons. The van der Waals surface area contributed by atoms with Crippen LogP contribution in [0.3, 0.4) is 0 Å². The first-order valence-electron chi connectivity index (χ1n) is 9.27. The van der Waals surface area contributed by atoms with E-state index in [1.165, 1.54) is 11.8 Å². The van der Waals surface area contributed by atoms with Crippen molar-refractivity contribution in [1.29, 1.82) is 0 Å². The van der Waals surface area contributed by atoms with Crippen LogP contribution >= 0.6 is 11.8 Å². The first-order valence-corrected chi connectivity index (χ1v) is 10.7. The van der Waals surface area contributed by atoms with Gasteiger partial charge in [0.05, 0.1) is 6.54 Å². The molecule has 3 atom stereocenters. The second-order valence-electron chi connectivity index (χ2n) is 6.43. The van der Waals surface area contributed by atoms with E-state index >= 15 is 0 Å². The van der Waals surface area contributed by atoms with E-state index < -0.39 is 73.1 Å². The Morgan fingerprint density at radius 1 is 0.774 bits per heavy atom. The molecule has 0 fully saturated rings. The van der Waals surface area contributed by atoms with Crippen molar-refractivity contribution in [3.8, 4) is 0 Å². The van der Waals surface area contributed by atoms with E-state index in [1.807, 2.05) is 0 Å². The standard InChI is InChI=1S/C17H28N4O9S/c1-31-7-6-10(16(28)21-11(17(29)30)3-5-14(25)26)20-15(27)9(2-4-13(23)24)19-12(22)8-18/h9-11H,2-8,18H2,1H3,(H,19,22)(H,20,27)(H,21,28)(H,23,24)(H,25,26)(H,29,30). The van der Waals surface area contributed by atoms with Gasteiger partial charge in [-0.3, -0.25) is 24.0 Å². The molecule has 0 aromatic heterocycles. The Kier molecular flexibility index (Phi) is 13.6. The van der Waals surface area contributed by atoms with Gasteiger partial charge in [-0.15, -0.1) is 0 Å². The fourth-order valence-corrected chi connectivity index (χ4v) is 2.84. The highest BCUT2D eigenvalue weighted by molar-refractivity contribution is 7.98. The number of nitrogens with one attached hydrogen (secondary N) is 3. The van der Waals surface area contributed by atoms with Crippen molar-refractivity contribution in [3.63, 3.8) is 0 Å². The summed E-state index contributed by atoms with van der Waals surface area (Å²) in [5.74, 6) is -5.82. The highest BCUT2D eigenvalue weighted by atomic mass is 32.2. The molecule has 0 saturated carbocycles. The number of aliphatic carboxylic acids is 3. The second kappa shape index (κ2) is 15.0. The monoisotopic (exact) mass is 464 g/mol. The molecular weight excluding hydrogens is 436 g/mol. The largest absolute Gasteiger partial charge is 0.481 e. The molecule has 0 aromatic rings. The molecule has 3 unspecified atom stereocenters. The van der Waals surface area contributed by atoms with Crippen LogP contribution in [0, 0.1) is 0 Å². The lowest BCUT2D eigenvalue weighted by atomic mass is 10.1. The van der Waals surface area contributed by atoms with Crippen molar-refractivity contribution in [2.75, 3.05) is 18.6 Å². The SMILES string of the molecule is CSCCC(NC(=O)C(CCC(=O)O)NC(=O)CN)C(=O)NC(CCC(=O)O)C(=O)O. The number of hydrogen-bond donors (Lipinski definition) is 7. The van der Waals surface area contributed by atoms with Gasteiger partial charge in [-0.05, 0) is 31.3 Å². The lowest BCUT2D eigenvalue weighted by Crippen LogP contribution is -2.56. The number of hydrogen-bond acceptors (Lipinski definition) is 8. The van der Waals surface area contributed by atoms with E-state index in [2.05, 4.69) is 16.0 Å². The van der Waals surface area contributed by atoms with Crippen molar-refractivity contribution in [2.45, 2.75) is 50.2 Å². The quantitative estimate of drug-likeness (QED) is 0.132. The fraction of sp³-hybridized carbons (Fsp3) is 0.647. The molecule has 31 heavy (non-hydrogen) atoms. The van der Waals surface area contributed by atoms with Gasteiger partial charge in [-0.1, -0.05) is 0 Å². The van der Waals surface area contributed by atoms with Gasteiger partial charge in [-0.25, -0.2) is 4.79 Å². The van der Waals surface area contributed by atoms with Crippen molar-refractivity contribution in [1.82, 2.24) is 16.0 Å². The summed E-state index contributed by atoms with van der Waals surface area (Å²) < 4.78 is 0. The Morgan fingerprint density at radius 3 is 1.65 bits per heavy atom. The number of nitrogens with two attached hydrogens (primary N) is 1. The Labute approximate surface area is 182 Å². The summed E-state index contributed by atoms with van der Waals surface area (Å²) in [5, 5.41) is 33.6. The maximum atomic E-state index is 12.6. The Bertz CT molecular complexity index is 674. The van der Waals surface area contributed by atoms with Gasteiger partial charge < -0.3 is 37.0 Å². The van der Waals surface area contributed by atoms with Gasteiger partial charge in [0.25, 0.3) is 0 Å². The smallest absolute Gasteiger partial charge is 0.326 e. The van der Waals surface area contributed by atoms with E-state index in [1.54, 1.807) is 6.26 Å². The van der Waals surface area contributed by atoms with Gasteiger partial charge >= 0.3 is 17.9 Å². The summed E-state index contributed by atoms with van der Waals surface area (Å²) in [6.07, 6.45) is 0.344. The van der Waals surface area contributed by atoms with Crippen molar-refractivity contribution >= 4 is 47.4 Å². The molecule has 0 aliphatic rings. The molecule has 0 heterocycles. The van der Waals surface area contributed by atoms with Crippen molar-refractivity contribution in [2.24, 2.45) is 5.73 Å². The van der Waals surface area contributed by atoms with Crippen LogP contribution in [0.2, 0.25) is 0 Å². The van der Waals surface area contributed by atoms with Gasteiger partial charge in [-0.2, -0.15) is 11.8 Å². The molecule has 8 N–H and O–H groups in total. The molecule has 0 rings (SSSR count). The minimum absolute atomic E-state index is 0.112. The van der Waals surface area contributed by atoms with Crippen LogP contribution in [-0.2, 0) is 28.8 Å². The predicted octanol–water partition coefficient (Wildman–Crippen LogP) is -2.03. The molecule has 0 aliphatic carbocycles. The lowest BCUT2D eigenvalue weighted by Gasteiger charge is -2.24. The van der Waals surface area contributed by atoms with Crippen LogP contribution in [0.1, 0.15) is 32.1 Å². The maximum absolute atomic E-state index is 12.6. The topological polar surface area (TPSA) is 225 Å². The summed E-state index contributed by atoms with van der Waals surface area (Å²) in [4.78, 5) is 69.5. The Hall–Kier alpha value is -2.87. The molecule has 0 aromatic carbocycles. The van der Waals surface area contributed by atoms with Crippen molar-refractivity contribution < 1.29 is 44.1 Å². The summed E-state index contributed by atoms with van der Waals surface area (Å²) in [6, 6.07) is -3.93. The third-order valence-electron chi connectivity index (χ3n) is 3.99. The van der Waals surface area contributed by atoms with E-state index in [0.29, 0.717) is 5.75 Å². The number of rotatable bonds is 16. The van der Waals surface area contributed by atoms with Crippen LogP contribution in [0.4, 0.5) is 0 Å². The lowest BCUT2D eigenvalue weighted by molar-refractivity contribution is -0.143. The summed E-state index contributed by atoms with van der Waals surface area (Å²) >= 11 is 1.36. The van der Waals surface area contributed by atoms with Crippen molar-refractivity contribution in [3.05, 3.63) is 0 Å². The van der Waals surface area contributed by atoms with E-state index in [-0.39, 0.29) is 19.3 Å². The van der Waals surface area contributed by atoms with Gasteiger partial charge in [0.15, 0.2) is 0 Å². The molecule has 0 aliphatic heterocycles. The van der Waals surface area contributed by atoms with Gasteiger partial charge in [0, 0.05) is 12.8 Å². The second-order valence-corrected chi connectivity index (χ2v) is 7.42. The maximum Gasteiger partial charge on any atom is 0.326 e. The summed E-state index contributed by atoms with van der Waals surface area (Å²) in [7, 11) is 0. The van der Waals surface area contributed by atoms with Gasteiger partial charge in [0.2, 0.25) is 17.7 Å². The van der Waals surface area contributed by atoms with E-state index in [9.17, 15) is 33.9 Å². The van der Waals surface area contributed by atoms with Crippen LogP contribution < -0.4 is 21.7 Å². The molecule has 3 amide bonds. The molecule has 0 spiro atoms. The van der Waals surface area contributed by atoms with Crippen LogP contribution in [-0.4, -0.2) is 87.6 Å². The first kappa shape index (κ1) is 28.1. The fourth-order valence-electron chi connectivity index (χ4n) is 2.36. The van der Waals surface area contributed by atoms with E-state index in [0.717, 1.165) is 0 Å². The third-order valence-corrected chi connectivity index (χ3v) is 4.63. The zero-order valence-electron chi connectivity index (χ0n) is 17.0. The third kappa shape index (κ3) is 12.4. The molecule has 0 bridgehead atoms. The Balaban J connectivity index is 5.34. The molecule has 14 heteroatoms. The number of carboxylic acids is 3. The highest BCUT2D eigenvalue weighted by Crippen LogP contribution is 2.06. The van der Waals surface area contributed by atoms with E-state index in [4.69, 9.17) is 15.9 Å². The molecule has 0 saturated heterocycles. The highest BCUT2D eigenvalue weighted by Gasteiger charge is 2.29. The summed E-state index contributed by atoms with van der Waals surface area (Å²) in [5.41, 5.74) is 5.20. The number of carbonyl (C=O) groups excluding carboxylic acids is 3. The first-order chi connectivity index (χ1) is 14.5. The normalized spacial score (nSPS) is 13.4. The average Bonchev–Trinajstić information content (AvgIpc) is 2.69. The van der Waals surface area contributed by atoms with Crippen LogP contribution in [0.5, 0.6) is 0 Å². The zero-order valence-corrected chi connectivity index (χ0v) is 17.8. The Morgan fingerprint density at radius 2 is 1.23 bits per heavy atom. The zero-order chi connectivity index (χ0) is 24.0. The molecule has 0 radical (unpaired) electrons. The number of carbonyl (C=O) groups is 6. The predicted molar refractivity (Wildman–Crippen MR) is 109 cm³/mol. The minimum atomic E-state index is -1.47. The molecular formula is C17H28N4O9S.